The van der Waals surface area contributed by atoms with E-state index < -0.39 is 17.9 Å². The summed E-state index contributed by atoms with van der Waals surface area (Å²) in [5.74, 6) is -2.07. The van der Waals surface area contributed by atoms with Gasteiger partial charge < -0.3 is 14.8 Å². The molecule has 150 valence electrons. The minimum atomic E-state index is -0.932. The molecule has 0 amide bonds. The number of hydrogen-bond acceptors (Lipinski definition) is 5. The zero-order valence-electron chi connectivity index (χ0n) is 17.0. The van der Waals surface area contributed by atoms with Crippen molar-refractivity contribution in [2.75, 3.05) is 20.8 Å². The lowest BCUT2D eigenvalue weighted by atomic mass is 9.82. The van der Waals surface area contributed by atoms with Crippen LogP contribution in [0.25, 0.3) is 0 Å². The number of methoxy groups -OCH3 is 2. The molecule has 0 bridgehead atoms. The van der Waals surface area contributed by atoms with E-state index in [4.69, 9.17) is 9.47 Å². The summed E-state index contributed by atoms with van der Waals surface area (Å²) in [4.78, 5) is 24.1. The highest BCUT2D eigenvalue weighted by atomic mass is 16.5. The number of nitrogens with one attached hydrogen (secondary N) is 1. The van der Waals surface area contributed by atoms with E-state index in [1.54, 1.807) is 0 Å². The zero-order chi connectivity index (χ0) is 20.6. The van der Waals surface area contributed by atoms with Crippen LogP contribution in [-0.2, 0) is 19.1 Å². The van der Waals surface area contributed by atoms with Crippen molar-refractivity contribution in [2.24, 2.45) is 11.3 Å². The SMILES string of the molecule is COC(=O)C(CC(C)(C)CNC(c1ccccc1)c1ccccc1)C(=O)OC. The molecule has 0 radical (unpaired) electrons. The summed E-state index contributed by atoms with van der Waals surface area (Å²) in [6.45, 7) is 4.64. The number of hydrogen-bond donors (Lipinski definition) is 1. The van der Waals surface area contributed by atoms with E-state index in [2.05, 4.69) is 29.6 Å². The van der Waals surface area contributed by atoms with Crippen LogP contribution in [0, 0.1) is 11.3 Å². The van der Waals surface area contributed by atoms with Crippen molar-refractivity contribution in [3.63, 3.8) is 0 Å². The fourth-order valence-electron chi connectivity index (χ4n) is 3.27. The first-order chi connectivity index (χ1) is 13.4. The molecule has 0 saturated carbocycles. The largest absolute Gasteiger partial charge is 0.468 e. The maximum absolute atomic E-state index is 12.0. The fraction of sp³-hybridized carbons (Fsp3) is 0.391. The van der Waals surface area contributed by atoms with Crippen LogP contribution in [0.4, 0.5) is 0 Å². The molecule has 5 nitrogen and oxygen atoms in total. The van der Waals surface area contributed by atoms with Crippen LogP contribution in [0.2, 0.25) is 0 Å². The molecular weight excluding hydrogens is 354 g/mol. The van der Waals surface area contributed by atoms with E-state index in [1.165, 1.54) is 14.2 Å². The van der Waals surface area contributed by atoms with Gasteiger partial charge in [-0.25, -0.2) is 0 Å². The van der Waals surface area contributed by atoms with Gasteiger partial charge in [0.25, 0.3) is 0 Å². The zero-order valence-corrected chi connectivity index (χ0v) is 17.0. The van der Waals surface area contributed by atoms with Crippen molar-refractivity contribution in [1.29, 1.82) is 0 Å². The summed E-state index contributed by atoms with van der Waals surface area (Å²) in [6, 6.07) is 20.4. The van der Waals surface area contributed by atoms with E-state index in [9.17, 15) is 9.59 Å². The first kappa shape index (κ1) is 21.6. The lowest BCUT2D eigenvalue weighted by molar-refractivity contribution is -0.160. The number of benzene rings is 2. The van der Waals surface area contributed by atoms with Crippen LogP contribution in [0.5, 0.6) is 0 Å². The van der Waals surface area contributed by atoms with E-state index in [0.717, 1.165) is 11.1 Å². The first-order valence-electron chi connectivity index (χ1n) is 9.37. The van der Waals surface area contributed by atoms with Crippen molar-refractivity contribution in [1.82, 2.24) is 5.32 Å². The third kappa shape index (κ3) is 5.92. The Bertz CT molecular complexity index is 703. The van der Waals surface area contributed by atoms with E-state index >= 15 is 0 Å². The number of esters is 2. The third-order valence-electron chi connectivity index (χ3n) is 4.78. The molecule has 2 rings (SSSR count). The molecule has 0 aliphatic carbocycles. The van der Waals surface area contributed by atoms with Crippen molar-refractivity contribution in [2.45, 2.75) is 26.3 Å². The second-order valence-electron chi connectivity index (χ2n) is 7.60. The molecule has 0 unspecified atom stereocenters. The third-order valence-corrected chi connectivity index (χ3v) is 4.78. The van der Waals surface area contributed by atoms with Crippen LogP contribution < -0.4 is 5.32 Å². The lowest BCUT2D eigenvalue weighted by Crippen LogP contribution is -2.38. The van der Waals surface area contributed by atoms with Crippen molar-refractivity contribution >= 4 is 11.9 Å². The van der Waals surface area contributed by atoms with Gasteiger partial charge in [0.15, 0.2) is 5.92 Å². The topological polar surface area (TPSA) is 64.6 Å². The Balaban J connectivity index is 2.16. The molecule has 28 heavy (non-hydrogen) atoms. The van der Waals surface area contributed by atoms with E-state index in [1.807, 2.05) is 50.2 Å². The number of carbonyl (C=O) groups excluding carboxylic acids is 2. The molecule has 0 aliphatic heterocycles. The molecule has 0 fully saturated rings. The molecule has 5 heteroatoms. The molecule has 0 heterocycles. The van der Waals surface area contributed by atoms with E-state index in [-0.39, 0.29) is 11.5 Å². The highest BCUT2D eigenvalue weighted by Crippen LogP contribution is 2.29. The Morgan fingerprint density at radius 3 is 1.68 bits per heavy atom. The van der Waals surface area contributed by atoms with Gasteiger partial charge in [0.1, 0.15) is 0 Å². The molecular formula is C23H29NO4. The monoisotopic (exact) mass is 383 g/mol. The summed E-state index contributed by atoms with van der Waals surface area (Å²) >= 11 is 0. The Hall–Kier alpha value is -2.66. The van der Waals surface area contributed by atoms with Gasteiger partial charge in [0, 0.05) is 6.54 Å². The minimum Gasteiger partial charge on any atom is -0.468 e. The van der Waals surface area contributed by atoms with Crippen molar-refractivity contribution in [3.8, 4) is 0 Å². The van der Waals surface area contributed by atoms with Crippen LogP contribution in [0.1, 0.15) is 37.4 Å². The average Bonchev–Trinajstić information content (AvgIpc) is 2.72. The van der Waals surface area contributed by atoms with Gasteiger partial charge >= 0.3 is 11.9 Å². The predicted molar refractivity (Wildman–Crippen MR) is 109 cm³/mol. The average molecular weight is 383 g/mol. The van der Waals surface area contributed by atoms with Crippen LogP contribution in [0.15, 0.2) is 60.7 Å². The van der Waals surface area contributed by atoms with Gasteiger partial charge in [-0.15, -0.1) is 0 Å². The van der Waals surface area contributed by atoms with Crippen molar-refractivity contribution in [3.05, 3.63) is 71.8 Å². The molecule has 2 aromatic carbocycles. The van der Waals surface area contributed by atoms with Crippen LogP contribution in [-0.4, -0.2) is 32.7 Å². The van der Waals surface area contributed by atoms with Gasteiger partial charge in [-0.2, -0.15) is 0 Å². The van der Waals surface area contributed by atoms with Crippen LogP contribution >= 0.6 is 0 Å². The van der Waals surface area contributed by atoms with Crippen molar-refractivity contribution < 1.29 is 19.1 Å². The molecule has 2 aromatic rings. The molecule has 0 atom stereocenters. The quantitative estimate of drug-likeness (QED) is 0.528. The molecule has 0 aliphatic rings. The van der Waals surface area contributed by atoms with Gasteiger partial charge in [0.05, 0.1) is 20.3 Å². The van der Waals surface area contributed by atoms with Crippen LogP contribution in [0.3, 0.4) is 0 Å². The Morgan fingerprint density at radius 1 is 0.857 bits per heavy atom. The van der Waals surface area contributed by atoms with E-state index in [0.29, 0.717) is 13.0 Å². The first-order valence-corrected chi connectivity index (χ1v) is 9.37. The summed E-state index contributed by atoms with van der Waals surface area (Å²) in [5, 5.41) is 3.61. The highest BCUT2D eigenvalue weighted by Gasteiger charge is 2.35. The fourth-order valence-corrected chi connectivity index (χ4v) is 3.27. The Morgan fingerprint density at radius 2 is 1.29 bits per heavy atom. The molecule has 0 saturated heterocycles. The predicted octanol–water partition coefficient (Wildman–Crippen LogP) is 3.74. The summed E-state index contributed by atoms with van der Waals surface area (Å²) in [6.07, 6.45) is 0.329. The maximum Gasteiger partial charge on any atom is 0.320 e. The summed E-state index contributed by atoms with van der Waals surface area (Å²) < 4.78 is 9.57. The maximum atomic E-state index is 12.0. The second kappa shape index (κ2) is 10.0. The molecule has 1 N–H and O–H groups in total. The molecule has 0 spiro atoms. The van der Waals surface area contributed by atoms with Gasteiger partial charge in [-0.1, -0.05) is 74.5 Å². The van der Waals surface area contributed by atoms with Gasteiger partial charge in [0.2, 0.25) is 0 Å². The summed E-state index contributed by atoms with van der Waals surface area (Å²) in [5.41, 5.74) is 1.97. The normalized spacial score (nSPS) is 11.5. The highest BCUT2D eigenvalue weighted by molar-refractivity contribution is 5.94. The summed E-state index contributed by atoms with van der Waals surface area (Å²) in [7, 11) is 2.56. The smallest absolute Gasteiger partial charge is 0.320 e. The standard InChI is InChI=1S/C23H29NO4/c1-23(2,15-19(21(25)27-3)22(26)28-4)16-24-20(17-11-7-5-8-12-17)18-13-9-6-10-14-18/h5-14,19-20,24H,15-16H2,1-4H3. The van der Waals surface area contributed by atoms with Gasteiger partial charge in [-0.05, 0) is 23.0 Å². The number of carbonyl (C=O) groups is 2. The second-order valence-corrected chi connectivity index (χ2v) is 7.60. The molecule has 0 aromatic heterocycles. The van der Waals surface area contributed by atoms with Gasteiger partial charge in [-0.3, -0.25) is 9.59 Å². The lowest BCUT2D eigenvalue weighted by Gasteiger charge is -2.30. The Kier molecular flexibility index (Phi) is 7.76. The number of ether oxygens (including phenoxy) is 2. The number of rotatable bonds is 9. The Labute approximate surface area is 167 Å². The minimum absolute atomic E-state index is 0.0105.